The highest BCUT2D eigenvalue weighted by Gasteiger charge is 2.49. The summed E-state index contributed by atoms with van der Waals surface area (Å²) in [5.74, 6) is 0.534. The van der Waals surface area contributed by atoms with Crippen LogP contribution in [0.4, 0.5) is 5.69 Å². The largest absolute Gasteiger partial charge is 0.456 e. The number of ether oxygens (including phenoxy) is 4. The monoisotopic (exact) mass is 698 g/mol. The zero-order chi connectivity index (χ0) is 33.3. The summed E-state index contributed by atoms with van der Waals surface area (Å²) in [6, 6.07) is 19.1. The third kappa shape index (κ3) is 7.54. The Kier molecular flexibility index (Phi) is 10.0. The summed E-state index contributed by atoms with van der Waals surface area (Å²) < 4.78 is 41.8. The smallest absolute Gasteiger partial charge is 0.301 e. The molecule has 0 aliphatic carbocycles. The van der Waals surface area contributed by atoms with Gasteiger partial charge in [-0.15, -0.1) is 0 Å². The Labute approximate surface area is 282 Å². The Morgan fingerprint density at radius 2 is 1.70 bits per heavy atom. The van der Waals surface area contributed by atoms with Crippen LogP contribution in [0.25, 0.3) is 33.5 Å². The van der Waals surface area contributed by atoms with Crippen molar-refractivity contribution in [2.75, 3.05) is 30.3 Å². The van der Waals surface area contributed by atoms with Crippen molar-refractivity contribution in [1.29, 1.82) is 0 Å². The fourth-order valence-electron chi connectivity index (χ4n) is 5.68. The first-order valence-corrected chi connectivity index (χ1v) is 21.9. The molecule has 2 aromatic heterocycles. The number of aromatic nitrogens is 3. The maximum atomic E-state index is 12.8. The average Bonchev–Trinajstić information content (AvgIpc) is 3.73. The lowest BCUT2D eigenvalue weighted by Crippen LogP contribution is -2.35. The first-order chi connectivity index (χ1) is 22.5. The van der Waals surface area contributed by atoms with Crippen molar-refractivity contribution in [1.82, 2.24) is 14.5 Å². The molecule has 4 heterocycles. The SMILES string of the molecule is CC=S(=O)(CC)Nc1ccc(-c2ccc(-c3nc4c(cc3Cl)nc(OC3COC5C(O)COC35)n4COCC[Si](C)(C)C)cc2)cc1. The molecule has 0 saturated carbocycles. The minimum Gasteiger partial charge on any atom is -0.456 e. The third-order valence-corrected chi connectivity index (χ3v) is 12.8. The van der Waals surface area contributed by atoms with E-state index in [2.05, 4.69) is 24.4 Å². The van der Waals surface area contributed by atoms with E-state index in [9.17, 15) is 9.32 Å². The van der Waals surface area contributed by atoms with Crippen molar-refractivity contribution in [3.63, 3.8) is 0 Å². The molecule has 2 saturated heterocycles. The molecule has 0 bridgehead atoms. The molecular weight excluding hydrogens is 656 g/mol. The number of halogens is 1. The quantitative estimate of drug-likeness (QED) is 0.104. The molecule has 2 aliphatic rings. The number of nitrogens with one attached hydrogen (secondary N) is 1. The van der Waals surface area contributed by atoms with Gasteiger partial charge in [-0.3, -0.25) is 4.57 Å². The average molecular weight is 699 g/mol. The predicted octanol–water partition coefficient (Wildman–Crippen LogP) is 6.09. The van der Waals surface area contributed by atoms with E-state index in [-0.39, 0.29) is 26.0 Å². The maximum Gasteiger partial charge on any atom is 0.301 e. The van der Waals surface area contributed by atoms with Crippen molar-refractivity contribution < 1.29 is 28.3 Å². The Balaban J connectivity index is 1.26. The normalized spacial score (nSPS) is 22.3. The van der Waals surface area contributed by atoms with E-state index in [1.165, 1.54) is 0 Å². The molecule has 252 valence electrons. The van der Waals surface area contributed by atoms with Gasteiger partial charge in [-0.05, 0) is 47.7 Å². The zero-order valence-corrected chi connectivity index (χ0v) is 30.0. The van der Waals surface area contributed by atoms with Gasteiger partial charge in [-0.1, -0.05) is 74.6 Å². The minimum atomic E-state index is -2.21. The van der Waals surface area contributed by atoms with Crippen molar-refractivity contribution in [3.8, 4) is 28.4 Å². The van der Waals surface area contributed by atoms with Crippen LogP contribution in [-0.2, 0) is 30.6 Å². The van der Waals surface area contributed by atoms with Crippen LogP contribution in [0.15, 0.2) is 54.6 Å². The van der Waals surface area contributed by atoms with Gasteiger partial charge in [0.25, 0.3) is 0 Å². The summed E-state index contributed by atoms with van der Waals surface area (Å²) in [5.41, 5.74) is 5.54. The molecule has 0 radical (unpaired) electrons. The summed E-state index contributed by atoms with van der Waals surface area (Å²) in [7, 11) is -3.50. The lowest BCUT2D eigenvalue weighted by atomic mass is 10.0. The second-order valence-electron chi connectivity index (χ2n) is 13.2. The number of rotatable bonds is 12. The van der Waals surface area contributed by atoms with E-state index in [4.69, 9.17) is 40.5 Å². The van der Waals surface area contributed by atoms with Gasteiger partial charge in [0.2, 0.25) is 0 Å². The summed E-state index contributed by atoms with van der Waals surface area (Å²) in [5, 5.41) is 12.4. The highest BCUT2D eigenvalue weighted by atomic mass is 35.5. The summed E-state index contributed by atoms with van der Waals surface area (Å²) >= 11 is 6.81. The highest BCUT2D eigenvalue weighted by Crippen LogP contribution is 2.35. The number of nitrogens with zero attached hydrogens (tertiary/aromatic N) is 3. The van der Waals surface area contributed by atoms with Crippen LogP contribution < -0.4 is 9.46 Å². The lowest BCUT2D eigenvalue weighted by Gasteiger charge is -2.19. The van der Waals surface area contributed by atoms with Crippen LogP contribution in [0, 0.1) is 0 Å². The van der Waals surface area contributed by atoms with Gasteiger partial charge in [0.05, 0.1) is 23.9 Å². The van der Waals surface area contributed by atoms with Crippen molar-refractivity contribution in [2.45, 2.75) is 70.7 Å². The number of benzene rings is 2. The number of aliphatic hydroxyl groups is 1. The second-order valence-corrected chi connectivity index (χ2v) is 21.9. The Morgan fingerprint density at radius 1 is 1.04 bits per heavy atom. The minimum absolute atomic E-state index is 0.211. The van der Waals surface area contributed by atoms with Crippen molar-refractivity contribution >= 4 is 51.6 Å². The van der Waals surface area contributed by atoms with Gasteiger partial charge in [0.15, 0.2) is 11.8 Å². The number of hydrogen-bond acceptors (Lipinski definition) is 8. The summed E-state index contributed by atoms with van der Waals surface area (Å²) in [4.78, 5) is 9.74. The molecule has 2 N–H and O–H groups in total. The number of pyridine rings is 1. The number of anilines is 1. The third-order valence-electron chi connectivity index (χ3n) is 8.57. The highest BCUT2D eigenvalue weighted by molar-refractivity contribution is 8.02. The van der Waals surface area contributed by atoms with E-state index in [0.717, 1.165) is 28.4 Å². The molecule has 0 spiro atoms. The van der Waals surface area contributed by atoms with E-state index in [0.29, 0.717) is 40.3 Å². The first-order valence-electron chi connectivity index (χ1n) is 16.0. The van der Waals surface area contributed by atoms with Gasteiger partial charge >= 0.3 is 6.01 Å². The molecule has 2 aliphatic heterocycles. The molecule has 13 heteroatoms. The number of imidazole rings is 1. The lowest BCUT2D eigenvalue weighted by molar-refractivity contribution is 0.00336. The molecule has 4 aromatic rings. The Hall–Kier alpha value is -2.97. The van der Waals surface area contributed by atoms with Crippen LogP contribution >= 0.6 is 11.6 Å². The van der Waals surface area contributed by atoms with E-state index in [1.54, 1.807) is 11.4 Å². The number of hydrogen-bond donors (Lipinski definition) is 2. The van der Waals surface area contributed by atoms with Gasteiger partial charge in [-0.2, -0.15) is 4.98 Å². The van der Waals surface area contributed by atoms with Crippen LogP contribution in [0.5, 0.6) is 6.01 Å². The molecule has 2 aromatic carbocycles. The summed E-state index contributed by atoms with van der Waals surface area (Å²) in [6.07, 6.45) is -1.89. The van der Waals surface area contributed by atoms with Crippen LogP contribution in [0.2, 0.25) is 30.7 Å². The van der Waals surface area contributed by atoms with E-state index < -0.39 is 36.1 Å². The molecular formula is C34H43ClN4O6SSi. The molecule has 47 heavy (non-hydrogen) atoms. The molecule has 5 atom stereocenters. The van der Waals surface area contributed by atoms with Gasteiger partial charge in [-0.25, -0.2) is 9.19 Å². The number of aliphatic hydroxyl groups excluding tert-OH is 1. The standard InChI is InChI=1S/C34H43ClN4O6SSi/c1-6-46(41,7-2)38-25-14-12-23(13-15-25)22-8-10-24(11-9-22)30-26(35)18-27-33(37-30)39(21-42-16-17-47(3,4)5)34(36-27)45-29-20-44-31-28(40)19-43-32(29)31/h6,8-15,18,28-29,31-32,40H,7,16-17,19-21H2,1-5H3,(H,38,41). The van der Waals surface area contributed by atoms with Gasteiger partial charge in [0.1, 0.15) is 30.6 Å². The molecule has 10 nitrogen and oxygen atoms in total. The predicted molar refractivity (Wildman–Crippen MR) is 191 cm³/mol. The fraction of sp³-hybridized carbons (Fsp3) is 0.441. The maximum absolute atomic E-state index is 12.8. The Morgan fingerprint density at radius 3 is 2.36 bits per heavy atom. The van der Waals surface area contributed by atoms with Crippen molar-refractivity contribution in [2.24, 2.45) is 0 Å². The topological polar surface area (TPSA) is 117 Å². The molecule has 2 fully saturated rings. The van der Waals surface area contributed by atoms with Crippen molar-refractivity contribution in [3.05, 3.63) is 59.6 Å². The van der Waals surface area contributed by atoms with Crippen LogP contribution in [0.3, 0.4) is 0 Å². The van der Waals surface area contributed by atoms with E-state index >= 15 is 0 Å². The zero-order valence-electron chi connectivity index (χ0n) is 27.4. The van der Waals surface area contributed by atoms with Gasteiger partial charge in [0, 0.05) is 41.4 Å². The molecule has 6 rings (SSSR count). The summed E-state index contributed by atoms with van der Waals surface area (Å²) in [6.45, 7) is 12.0. The number of fused-ring (bicyclic) bond motifs is 2. The second kappa shape index (κ2) is 13.9. The molecule has 0 amide bonds. The van der Waals surface area contributed by atoms with Crippen LogP contribution in [0.1, 0.15) is 13.8 Å². The molecule has 5 unspecified atom stereocenters. The fourth-order valence-corrected chi connectivity index (χ4v) is 7.82. The van der Waals surface area contributed by atoms with Crippen LogP contribution in [-0.4, -0.2) is 87.3 Å². The first kappa shape index (κ1) is 33.9. The van der Waals surface area contributed by atoms with E-state index in [1.807, 2.05) is 66.9 Å². The van der Waals surface area contributed by atoms with Gasteiger partial charge < -0.3 is 28.8 Å². The Bertz CT molecular complexity index is 1840.